The summed E-state index contributed by atoms with van der Waals surface area (Å²) in [7, 11) is 3.48. The van der Waals surface area contributed by atoms with E-state index in [-0.39, 0.29) is 0 Å². The highest BCUT2D eigenvalue weighted by Crippen LogP contribution is 2.09. The molecule has 0 spiro atoms. The summed E-state index contributed by atoms with van der Waals surface area (Å²) in [5, 5.41) is 7.44. The van der Waals surface area contributed by atoms with E-state index in [9.17, 15) is 4.79 Å². The molecule has 6 heteroatoms. The number of ether oxygens (including phenoxy) is 1. The van der Waals surface area contributed by atoms with Gasteiger partial charge in [-0.05, 0) is 40.8 Å². The lowest BCUT2D eigenvalue weighted by molar-refractivity contribution is -0.131. The Bertz CT molecular complexity index is 229. The molecule has 0 radical (unpaired) electrons. The third-order valence-corrected chi connectivity index (χ3v) is 1.99. The molecule has 0 aliphatic heterocycles. The summed E-state index contributed by atoms with van der Waals surface area (Å²) in [4.78, 5) is 16.8. The van der Waals surface area contributed by atoms with Crippen molar-refractivity contribution >= 4 is 6.09 Å². The Balaban J connectivity index is 3.52. The molecule has 0 aromatic carbocycles. The number of hydroxylamine groups is 2. The van der Waals surface area contributed by atoms with E-state index in [0.717, 1.165) is 31.1 Å². The van der Waals surface area contributed by atoms with Gasteiger partial charge in [-0.15, -0.1) is 0 Å². The van der Waals surface area contributed by atoms with Gasteiger partial charge in [0.25, 0.3) is 0 Å². The average Bonchev–Trinajstić information content (AvgIpc) is 2.25. The number of likely N-dealkylation sites (N-methyl/N-ethyl adjacent to an activating group) is 1. The van der Waals surface area contributed by atoms with Gasteiger partial charge in [-0.1, -0.05) is 0 Å². The first-order valence-corrected chi connectivity index (χ1v) is 6.32. The summed E-state index contributed by atoms with van der Waals surface area (Å²) in [6.07, 6.45) is 0.377. The first kappa shape index (κ1) is 17.2. The largest absolute Gasteiger partial charge is 0.442 e. The predicted octanol–water partition coefficient (Wildman–Crippen LogP) is 0.984. The van der Waals surface area contributed by atoms with E-state index in [4.69, 9.17) is 9.57 Å². The van der Waals surface area contributed by atoms with E-state index in [1.807, 2.05) is 27.8 Å². The minimum Gasteiger partial charge on any atom is -0.442 e. The average molecular weight is 261 g/mol. The van der Waals surface area contributed by atoms with Crippen LogP contribution in [0.5, 0.6) is 0 Å². The van der Waals surface area contributed by atoms with Crippen molar-refractivity contribution in [3.05, 3.63) is 0 Å². The van der Waals surface area contributed by atoms with Crippen LogP contribution in [0.15, 0.2) is 0 Å². The van der Waals surface area contributed by atoms with Crippen molar-refractivity contribution in [2.45, 2.75) is 32.8 Å². The van der Waals surface area contributed by atoms with Crippen LogP contribution in [0, 0.1) is 0 Å². The van der Waals surface area contributed by atoms with Gasteiger partial charge in [0.15, 0.2) is 0 Å². The molecule has 0 rings (SSSR count). The van der Waals surface area contributed by atoms with Gasteiger partial charge in [0.2, 0.25) is 0 Å². The number of rotatable bonds is 8. The van der Waals surface area contributed by atoms with Crippen molar-refractivity contribution in [1.29, 1.82) is 0 Å². The summed E-state index contributed by atoms with van der Waals surface area (Å²) in [6.45, 7) is 8.70. The second-order valence-corrected chi connectivity index (χ2v) is 5.02. The van der Waals surface area contributed by atoms with Gasteiger partial charge >= 0.3 is 6.09 Å². The standard InChI is InChI=1S/C12H27N3O3/c1-12(2,3)18-11(16)15(5)17-10-6-7-14-9-8-13-4/h13-14H,6-10H2,1-5H3. The highest BCUT2D eigenvalue weighted by molar-refractivity contribution is 5.66. The molecule has 0 aromatic rings. The van der Waals surface area contributed by atoms with Crippen LogP contribution in [0.4, 0.5) is 4.79 Å². The topological polar surface area (TPSA) is 62.8 Å². The number of nitrogens with zero attached hydrogens (tertiary/aromatic N) is 1. The fourth-order valence-corrected chi connectivity index (χ4v) is 1.12. The Kier molecular flexibility index (Phi) is 8.70. The molecule has 0 fully saturated rings. The lowest BCUT2D eigenvalue weighted by Gasteiger charge is -2.24. The Hall–Kier alpha value is -0.850. The minimum absolute atomic E-state index is 0.467. The second kappa shape index (κ2) is 9.13. The van der Waals surface area contributed by atoms with Crippen molar-refractivity contribution in [3.63, 3.8) is 0 Å². The van der Waals surface area contributed by atoms with E-state index in [1.54, 1.807) is 7.05 Å². The predicted molar refractivity (Wildman–Crippen MR) is 71.4 cm³/mol. The lowest BCUT2D eigenvalue weighted by Crippen LogP contribution is -2.35. The zero-order valence-corrected chi connectivity index (χ0v) is 12.2. The smallest absolute Gasteiger partial charge is 0.434 e. The summed E-state index contributed by atoms with van der Waals surface area (Å²) < 4.78 is 5.15. The van der Waals surface area contributed by atoms with Gasteiger partial charge in [-0.3, -0.25) is 4.84 Å². The maximum Gasteiger partial charge on any atom is 0.434 e. The Labute approximate surface area is 110 Å². The van der Waals surface area contributed by atoms with Gasteiger partial charge in [0, 0.05) is 20.1 Å². The summed E-state index contributed by atoms with van der Waals surface area (Å²) in [5.41, 5.74) is -0.497. The molecule has 0 heterocycles. The van der Waals surface area contributed by atoms with E-state index < -0.39 is 11.7 Å². The Morgan fingerprint density at radius 1 is 1.22 bits per heavy atom. The third-order valence-electron chi connectivity index (χ3n) is 1.99. The van der Waals surface area contributed by atoms with Crippen molar-refractivity contribution in [1.82, 2.24) is 15.7 Å². The van der Waals surface area contributed by atoms with Crippen LogP contribution in [0.25, 0.3) is 0 Å². The van der Waals surface area contributed by atoms with E-state index in [0.29, 0.717) is 6.61 Å². The van der Waals surface area contributed by atoms with Crippen molar-refractivity contribution in [2.75, 3.05) is 40.3 Å². The molecular formula is C12H27N3O3. The summed E-state index contributed by atoms with van der Waals surface area (Å²) >= 11 is 0. The number of amides is 1. The molecule has 18 heavy (non-hydrogen) atoms. The van der Waals surface area contributed by atoms with Gasteiger partial charge < -0.3 is 15.4 Å². The molecule has 0 atom stereocenters. The molecule has 2 N–H and O–H groups in total. The van der Waals surface area contributed by atoms with Crippen molar-refractivity contribution in [2.24, 2.45) is 0 Å². The lowest BCUT2D eigenvalue weighted by atomic mass is 10.2. The van der Waals surface area contributed by atoms with E-state index in [2.05, 4.69) is 10.6 Å². The molecule has 1 amide bonds. The van der Waals surface area contributed by atoms with E-state index >= 15 is 0 Å². The minimum atomic E-state index is -0.497. The fourth-order valence-electron chi connectivity index (χ4n) is 1.12. The van der Waals surface area contributed by atoms with E-state index in [1.165, 1.54) is 0 Å². The number of carbonyl (C=O) groups is 1. The monoisotopic (exact) mass is 261 g/mol. The fraction of sp³-hybridized carbons (Fsp3) is 0.917. The highest BCUT2D eigenvalue weighted by Gasteiger charge is 2.19. The molecule has 0 saturated heterocycles. The first-order chi connectivity index (χ1) is 8.37. The van der Waals surface area contributed by atoms with Gasteiger partial charge in [-0.25, -0.2) is 4.79 Å². The molecule has 0 saturated carbocycles. The summed E-state index contributed by atoms with van der Waals surface area (Å²) in [6, 6.07) is 0. The van der Waals surface area contributed by atoms with Crippen LogP contribution >= 0.6 is 0 Å². The van der Waals surface area contributed by atoms with Crippen LogP contribution < -0.4 is 10.6 Å². The molecule has 0 aliphatic rings. The third kappa shape index (κ3) is 10.3. The normalized spacial score (nSPS) is 11.4. The summed E-state index contributed by atoms with van der Waals surface area (Å²) in [5.74, 6) is 0. The molecule has 0 aliphatic carbocycles. The van der Waals surface area contributed by atoms with Crippen LogP contribution in [-0.4, -0.2) is 57.1 Å². The zero-order valence-electron chi connectivity index (χ0n) is 12.2. The van der Waals surface area contributed by atoms with Gasteiger partial charge in [-0.2, -0.15) is 5.06 Å². The van der Waals surface area contributed by atoms with Crippen LogP contribution in [0.3, 0.4) is 0 Å². The maximum absolute atomic E-state index is 11.5. The zero-order chi connectivity index (χ0) is 14.0. The van der Waals surface area contributed by atoms with Crippen molar-refractivity contribution < 1.29 is 14.4 Å². The van der Waals surface area contributed by atoms with Gasteiger partial charge in [0.05, 0.1) is 6.61 Å². The molecular weight excluding hydrogens is 234 g/mol. The number of nitrogens with one attached hydrogen (secondary N) is 2. The quantitative estimate of drug-likeness (QED) is 0.504. The van der Waals surface area contributed by atoms with Crippen LogP contribution in [-0.2, 0) is 9.57 Å². The highest BCUT2D eigenvalue weighted by atomic mass is 16.7. The second-order valence-electron chi connectivity index (χ2n) is 5.02. The molecule has 0 aromatic heterocycles. The van der Waals surface area contributed by atoms with Crippen LogP contribution in [0.1, 0.15) is 27.2 Å². The Morgan fingerprint density at radius 3 is 2.44 bits per heavy atom. The number of carbonyl (C=O) groups excluding carboxylic acids is 1. The number of hydrogen-bond acceptors (Lipinski definition) is 5. The van der Waals surface area contributed by atoms with Gasteiger partial charge in [0.1, 0.15) is 5.60 Å². The SMILES string of the molecule is CNCCNCCCON(C)C(=O)OC(C)(C)C. The first-order valence-electron chi connectivity index (χ1n) is 6.32. The molecule has 0 unspecified atom stereocenters. The van der Waals surface area contributed by atoms with Crippen molar-refractivity contribution in [3.8, 4) is 0 Å². The number of hydrogen-bond donors (Lipinski definition) is 2. The molecule has 0 bridgehead atoms. The van der Waals surface area contributed by atoms with Crippen LogP contribution in [0.2, 0.25) is 0 Å². The Morgan fingerprint density at radius 2 is 1.89 bits per heavy atom. The maximum atomic E-state index is 11.5. The molecule has 6 nitrogen and oxygen atoms in total. The molecule has 108 valence electrons.